The van der Waals surface area contributed by atoms with Gasteiger partial charge in [-0.05, 0) is 34.2 Å². The van der Waals surface area contributed by atoms with Crippen molar-refractivity contribution in [2.75, 3.05) is 0 Å². The summed E-state index contributed by atoms with van der Waals surface area (Å²) in [6.45, 7) is 0. The standard InChI is InChI=1S/C9H7BrF2INO2/c10-3-6-4(2-7(15)16)1-5(8(11)12)9(13)14-6/h1,8H,2-3H2,(H,15,16). The quantitative estimate of drug-likeness (QED) is 0.475. The summed E-state index contributed by atoms with van der Waals surface area (Å²) in [6.07, 6.45) is -2.94. The fraction of sp³-hybridized carbons (Fsp3) is 0.333. The summed E-state index contributed by atoms with van der Waals surface area (Å²) in [5.41, 5.74) is 0.581. The van der Waals surface area contributed by atoms with Crippen molar-refractivity contribution in [3.63, 3.8) is 0 Å². The maximum absolute atomic E-state index is 12.6. The summed E-state index contributed by atoms with van der Waals surface area (Å²) in [5.74, 6) is -1.06. The summed E-state index contributed by atoms with van der Waals surface area (Å²) in [4.78, 5) is 14.5. The molecular weight excluding hydrogens is 399 g/mol. The van der Waals surface area contributed by atoms with Crippen molar-refractivity contribution in [1.29, 1.82) is 0 Å². The number of hydrogen-bond donors (Lipinski definition) is 1. The van der Waals surface area contributed by atoms with Crippen molar-refractivity contribution in [2.24, 2.45) is 0 Å². The Morgan fingerprint density at radius 2 is 2.25 bits per heavy atom. The van der Waals surface area contributed by atoms with Gasteiger partial charge in [-0.15, -0.1) is 0 Å². The van der Waals surface area contributed by atoms with E-state index >= 15 is 0 Å². The molecule has 7 heteroatoms. The average Bonchev–Trinajstić information content (AvgIpc) is 2.18. The van der Waals surface area contributed by atoms with E-state index < -0.39 is 12.4 Å². The molecule has 0 atom stereocenters. The molecule has 1 aromatic rings. The zero-order valence-electron chi connectivity index (χ0n) is 7.88. The zero-order chi connectivity index (χ0) is 12.3. The van der Waals surface area contributed by atoms with E-state index in [1.165, 1.54) is 6.07 Å². The molecule has 0 amide bonds. The number of nitrogens with zero attached hydrogens (tertiary/aromatic N) is 1. The highest BCUT2D eigenvalue weighted by Gasteiger charge is 2.17. The molecular formula is C9H7BrF2INO2. The van der Waals surface area contributed by atoms with Gasteiger partial charge < -0.3 is 5.11 Å². The van der Waals surface area contributed by atoms with Gasteiger partial charge in [0.2, 0.25) is 0 Å². The zero-order valence-corrected chi connectivity index (χ0v) is 11.6. The Kier molecular flexibility index (Phi) is 5.03. The predicted octanol–water partition coefficient (Wildman–Crippen LogP) is 3.15. The third-order valence-corrected chi connectivity index (χ3v) is 3.27. The molecule has 1 aromatic heterocycles. The molecule has 0 radical (unpaired) electrons. The minimum Gasteiger partial charge on any atom is -0.481 e. The van der Waals surface area contributed by atoms with Gasteiger partial charge in [-0.2, -0.15) is 0 Å². The SMILES string of the molecule is O=C(O)Cc1cc(C(F)F)c(I)nc1CBr. The Morgan fingerprint density at radius 1 is 1.62 bits per heavy atom. The number of alkyl halides is 3. The van der Waals surface area contributed by atoms with Gasteiger partial charge >= 0.3 is 5.97 Å². The highest BCUT2D eigenvalue weighted by Crippen LogP contribution is 2.26. The molecule has 3 nitrogen and oxygen atoms in total. The lowest BCUT2D eigenvalue weighted by Gasteiger charge is -2.09. The predicted molar refractivity (Wildman–Crippen MR) is 65.9 cm³/mol. The number of halogens is 4. The van der Waals surface area contributed by atoms with Crippen LogP contribution in [0.2, 0.25) is 0 Å². The fourth-order valence-electron chi connectivity index (χ4n) is 1.17. The van der Waals surface area contributed by atoms with Gasteiger partial charge in [0.15, 0.2) is 0 Å². The van der Waals surface area contributed by atoms with Crippen LogP contribution in [-0.4, -0.2) is 16.1 Å². The highest BCUT2D eigenvalue weighted by molar-refractivity contribution is 14.1. The number of aliphatic carboxylic acids is 1. The van der Waals surface area contributed by atoms with Crippen LogP contribution in [-0.2, 0) is 16.5 Å². The minimum atomic E-state index is -2.64. The van der Waals surface area contributed by atoms with Gasteiger partial charge in [-0.3, -0.25) is 4.79 Å². The monoisotopic (exact) mass is 405 g/mol. The van der Waals surface area contributed by atoms with Crippen LogP contribution in [0, 0.1) is 3.70 Å². The summed E-state index contributed by atoms with van der Waals surface area (Å²) < 4.78 is 25.4. The normalized spacial score (nSPS) is 10.8. The number of hydrogen-bond acceptors (Lipinski definition) is 2. The Morgan fingerprint density at radius 3 is 2.69 bits per heavy atom. The van der Waals surface area contributed by atoms with Gasteiger partial charge in [-0.25, -0.2) is 13.8 Å². The Balaban J connectivity index is 3.22. The van der Waals surface area contributed by atoms with E-state index in [9.17, 15) is 13.6 Å². The fourth-order valence-corrected chi connectivity index (χ4v) is 2.34. The minimum absolute atomic E-state index is 0.205. The van der Waals surface area contributed by atoms with Crippen LogP contribution < -0.4 is 0 Å². The molecule has 0 unspecified atom stereocenters. The summed E-state index contributed by atoms with van der Waals surface area (Å²) in [6, 6.07) is 1.21. The van der Waals surface area contributed by atoms with Gasteiger partial charge in [0.1, 0.15) is 3.70 Å². The number of carboxylic acids is 1. The molecule has 1 heterocycles. The van der Waals surface area contributed by atoms with Crippen LogP contribution in [0.25, 0.3) is 0 Å². The van der Waals surface area contributed by atoms with Gasteiger partial charge in [-0.1, -0.05) is 15.9 Å². The number of rotatable bonds is 4. The molecule has 0 saturated carbocycles. The highest BCUT2D eigenvalue weighted by atomic mass is 127. The van der Waals surface area contributed by atoms with Crippen molar-refractivity contribution < 1.29 is 18.7 Å². The molecule has 1 rings (SSSR count). The number of pyridine rings is 1. The molecule has 0 spiro atoms. The molecule has 0 aromatic carbocycles. The number of carboxylic acid groups (broad SMARTS) is 1. The largest absolute Gasteiger partial charge is 0.481 e. The van der Waals surface area contributed by atoms with Crippen molar-refractivity contribution in [3.05, 3.63) is 26.6 Å². The topological polar surface area (TPSA) is 50.2 Å². The first-order valence-corrected chi connectivity index (χ1v) is 6.39. The van der Waals surface area contributed by atoms with Crippen molar-refractivity contribution in [3.8, 4) is 0 Å². The third-order valence-electron chi connectivity index (χ3n) is 1.88. The van der Waals surface area contributed by atoms with Crippen molar-refractivity contribution >= 4 is 44.5 Å². The van der Waals surface area contributed by atoms with E-state index in [1.54, 1.807) is 22.6 Å². The van der Waals surface area contributed by atoms with Crippen LogP contribution in [0.5, 0.6) is 0 Å². The third kappa shape index (κ3) is 3.34. The first-order chi connectivity index (χ1) is 7.45. The van der Waals surface area contributed by atoms with Gasteiger partial charge in [0.05, 0.1) is 12.1 Å². The van der Waals surface area contributed by atoms with Crippen LogP contribution in [0.15, 0.2) is 6.07 Å². The van der Waals surface area contributed by atoms with E-state index in [2.05, 4.69) is 20.9 Å². The summed E-state index contributed by atoms with van der Waals surface area (Å²) >= 11 is 4.86. The Labute approximate surface area is 113 Å². The van der Waals surface area contributed by atoms with Gasteiger partial charge in [0.25, 0.3) is 6.43 Å². The maximum atomic E-state index is 12.6. The van der Waals surface area contributed by atoms with Crippen molar-refractivity contribution in [1.82, 2.24) is 4.98 Å². The lowest BCUT2D eigenvalue weighted by Crippen LogP contribution is -2.07. The van der Waals surface area contributed by atoms with Gasteiger partial charge in [0, 0.05) is 10.9 Å². The Bertz CT molecular complexity index is 415. The molecule has 0 bridgehead atoms. The lowest BCUT2D eigenvalue weighted by atomic mass is 10.1. The van der Waals surface area contributed by atoms with E-state index in [4.69, 9.17) is 5.11 Å². The van der Waals surface area contributed by atoms with E-state index in [1.807, 2.05) is 0 Å². The van der Waals surface area contributed by atoms with Crippen LogP contribution >= 0.6 is 38.5 Å². The first-order valence-electron chi connectivity index (χ1n) is 4.19. The second kappa shape index (κ2) is 5.85. The summed E-state index contributed by atoms with van der Waals surface area (Å²) in [7, 11) is 0. The molecule has 0 saturated heterocycles. The smallest absolute Gasteiger partial charge is 0.307 e. The molecule has 0 fully saturated rings. The maximum Gasteiger partial charge on any atom is 0.307 e. The molecule has 0 aliphatic heterocycles. The first kappa shape index (κ1) is 13.8. The van der Waals surface area contributed by atoms with E-state index in [-0.39, 0.29) is 15.7 Å². The molecule has 1 N–H and O–H groups in total. The second-order valence-corrected chi connectivity index (χ2v) is 4.56. The van der Waals surface area contributed by atoms with Crippen molar-refractivity contribution in [2.45, 2.75) is 18.2 Å². The second-order valence-electron chi connectivity index (χ2n) is 2.98. The molecule has 88 valence electrons. The summed E-state index contributed by atoms with van der Waals surface area (Å²) in [5, 5.41) is 9.00. The van der Waals surface area contributed by atoms with E-state index in [0.29, 0.717) is 16.6 Å². The molecule has 0 aliphatic carbocycles. The number of aromatic nitrogens is 1. The molecule has 16 heavy (non-hydrogen) atoms. The average molecular weight is 406 g/mol. The van der Waals surface area contributed by atoms with E-state index in [0.717, 1.165) is 0 Å². The van der Waals surface area contributed by atoms with Crippen LogP contribution in [0.1, 0.15) is 23.2 Å². The van der Waals surface area contributed by atoms with Crippen LogP contribution in [0.4, 0.5) is 8.78 Å². The number of carbonyl (C=O) groups is 1. The Hall–Kier alpha value is -0.310. The lowest BCUT2D eigenvalue weighted by molar-refractivity contribution is -0.136. The molecule has 0 aliphatic rings. The van der Waals surface area contributed by atoms with Crippen LogP contribution in [0.3, 0.4) is 0 Å².